The van der Waals surface area contributed by atoms with E-state index in [0.29, 0.717) is 6.04 Å². The van der Waals surface area contributed by atoms with Crippen LogP contribution in [0, 0.1) is 5.92 Å². The van der Waals surface area contributed by atoms with Gasteiger partial charge in [0.1, 0.15) is 0 Å². The molecule has 0 bridgehead atoms. The normalized spacial score (nSPS) is 14.1. The molecule has 80 valence electrons. The first-order valence-corrected chi connectivity index (χ1v) is 5.46. The van der Waals surface area contributed by atoms with Crippen molar-refractivity contribution in [3.8, 4) is 0 Å². The van der Waals surface area contributed by atoms with Crippen LogP contribution >= 0.6 is 0 Å². The van der Waals surface area contributed by atoms with Crippen molar-refractivity contribution in [2.75, 3.05) is 19.7 Å². The van der Waals surface area contributed by atoms with Crippen LogP contribution in [0.25, 0.3) is 0 Å². The molecule has 0 rings (SSSR count). The predicted octanol–water partition coefficient (Wildman–Crippen LogP) is 2.13. The molecule has 0 aliphatic rings. The molecule has 2 heteroatoms. The second-order valence-corrected chi connectivity index (χ2v) is 4.24. The summed E-state index contributed by atoms with van der Waals surface area (Å²) < 4.78 is 0. The molecule has 0 aliphatic carbocycles. The number of nitrogens with zero attached hydrogens (tertiary/aromatic N) is 1. The average Bonchev–Trinajstić information content (AvgIpc) is 2.02. The Labute approximate surface area is 82.9 Å². The maximum atomic E-state index is 8.90. The van der Waals surface area contributed by atoms with Gasteiger partial charge in [-0.1, -0.05) is 20.8 Å². The molecule has 0 aliphatic heterocycles. The lowest BCUT2D eigenvalue weighted by Gasteiger charge is -2.29. The van der Waals surface area contributed by atoms with Crippen molar-refractivity contribution in [2.24, 2.45) is 5.92 Å². The van der Waals surface area contributed by atoms with Crippen LogP contribution in [0.1, 0.15) is 40.5 Å². The van der Waals surface area contributed by atoms with Gasteiger partial charge in [0.15, 0.2) is 0 Å². The smallest absolute Gasteiger partial charge is 0.0558 e. The Bertz CT molecular complexity index is 109. The molecule has 2 nitrogen and oxygen atoms in total. The topological polar surface area (TPSA) is 23.5 Å². The number of hydrogen-bond donors (Lipinski definition) is 1. The van der Waals surface area contributed by atoms with Crippen LogP contribution in [-0.4, -0.2) is 35.7 Å². The van der Waals surface area contributed by atoms with Gasteiger partial charge in [0.25, 0.3) is 0 Å². The fourth-order valence-electron chi connectivity index (χ4n) is 1.80. The summed E-state index contributed by atoms with van der Waals surface area (Å²) in [6.45, 7) is 11.1. The van der Waals surface area contributed by atoms with E-state index in [9.17, 15) is 0 Å². The summed E-state index contributed by atoms with van der Waals surface area (Å²) in [7, 11) is 0. The van der Waals surface area contributed by atoms with Crippen molar-refractivity contribution in [2.45, 2.75) is 46.6 Å². The quantitative estimate of drug-likeness (QED) is 0.660. The molecule has 0 aromatic carbocycles. The second-order valence-electron chi connectivity index (χ2n) is 4.24. The van der Waals surface area contributed by atoms with Gasteiger partial charge in [-0.3, -0.25) is 4.90 Å². The van der Waals surface area contributed by atoms with E-state index in [2.05, 4.69) is 32.6 Å². The van der Waals surface area contributed by atoms with Crippen LogP contribution in [0.2, 0.25) is 0 Å². The molecule has 1 N–H and O–H groups in total. The van der Waals surface area contributed by atoms with Gasteiger partial charge in [0.2, 0.25) is 0 Å². The number of aliphatic hydroxyl groups excluding tert-OH is 1. The molecule has 0 aromatic heterocycles. The highest BCUT2D eigenvalue weighted by Gasteiger charge is 2.13. The first-order chi connectivity index (χ1) is 6.11. The highest BCUT2D eigenvalue weighted by Crippen LogP contribution is 2.10. The van der Waals surface area contributed by atoms with Gasteiger partial charge in [0, 0.05) is 12.6 Å². The van der Waals surface area contributed by atoms with E-state index in [4.69, 9.17) is 5.11 Å². The molecule has 0 amide bonds. The minimum Gasteiger partial charge on any atom is -0.395 e. The molecule has 0 heterocycles. The summed E-state index contributed by atoms with van der Waals surface area (Å²) in [5, 5.41) is 8.90. The standard InChI is InChI=1S/C11H25NO/c1-5-6-12(7-8-13)11(4)9-10(2)3/h10-11,13H,5-9H2,1-4H3. The van der Waals surface area contributed by atoms with Gasteiger partial charge in [-0.15, -0.1) is 0 Å². The second kappa shape index (κ2) is 7.34. The summed E-state index contributed by atoms with van der Waals surface area (Å²) in [5.74, 6) is 0.744. The summed E-state index contributed by atoms with van der Waals surface area (Å²) in [5.41, 5.74) is 0. The maximum Gasteiger partial charge on any atom is 0.0558 e. The molecule has 0 aromatic rings. The van der Waals surface area contributed by atoms with Crippen molar-refractivity contribution < 1.29 is 5.11 Å². The van der Waals surface area contributed by atoms with Crippen molar-refractivity contribution in [3.63, 3.8) is 0 Å². The first kappa shape index (κ1) is 12.9. The van der Waals surface area contributed by atoms with Gasteiger partial charge in [-0.25, -0.2) is 0 Å². The van der Waals surface area contributed by atoms with Gasteiger partial charge in [-0.05, 0) is 32.2 Å². The van der Waals surface area contributed by atoms with Crippen LogP contribution in [0.15, 0.2) is 0 Å². The Morgan fingerprint density at radius 2 is 1.77 bits per heavy atom. The van der Waals surface area contributed by atoms with Crippen molar-refractivity contribution in [1.82, 2.24) is 4.90 Å². The molecule has 0 saturated heterocycles. The van der Waals surface area contributed by atoms with Crippen molar-refractivity contribution in [1.29, 1.82) is 0 Å². The number of hydrogen-bond acceptors (Lipinski definition) is 2. The zero-order valence-corrected chi connectivity index (χ0v) is 9.58. The number of rotatable bonds is 7. The summed E-state index contributed by atoms with van der Waals surface area (Å²) in [6, 6.07) is 0.604. The van der Waals surface area contributed by atoms with Gasteiger partial charge in [0.05, 0.1) is 6.61 Å². The molecule has 1 atom stereocenters. The van der Waals surface area contributed by atoms with Gasteiger partial charge < -0.3 is 5.11 Å². The van der Waals surface area contributed by atoms with E-state index >= 15 is 0 Å². The molecule has 0 saturated carbocycles. The van der Waals surface area contributed by atoms with Gasteiger partial charge >= 0.3 is 0 Å². The summed E-state index contributed by atoms with van der Waals surface area (Å²) in [4.78, 5) is 2.38. The Morgan fingerprint density at radius 1 is 1.15 bits per heavy atom. The first-order valence-electron chi connectivity index (χ1n) is 5.46. The zero-order chi connectivity index (χ0) is 10.3. The van der Waals surface area contributed by atoms with Crippen LogP contribution in [0.3, 0.4) is 0 Å². The molecule has 0 fully saturated rings. The predicted molar refractivity (Wildman–Crippen MR) is 57.9 cm³/mol. The minimum absolute atomic E-state index is 0.280. The largest absolute Gasteiger partial charge is 0.395 e. The van der Waals surface area contributed by atoms with E-state index in [1.807, 2.05) is 0 Å². The number of aliphatic hydroxyl groups is 1. The minimum atomic E-state index is 0.280. The lowest BCUT2D eigenvalue weighted by atomic mass is 10.0. The third kappa shape index (κ3) is 6.05. The SMILES string of the molecule is CCCN(CCO)C(C)CC(C)C. The average molecular weight is 187 g/mol. The lowest BCUT2D eigenvalue weighted by Crippen LogP contribution is -2.36. The van der Waals surface area contributed by atoms with E-state index in [0.717, 1.165) is 19.0 Å². The molecular weight excluding hydrogens is 162 g/mol. The Morgan fingerprint density at radius 3 is 2.15 bits per heavy atom. The van der Waals surface area contributed by atoms with Crippen molar-refractivity contribution >= 4 is 0 Å². The fraction of sp³-hybridized carbons (Fsp3) is 1.00. The maximum absolute atomic E-state index is 8.90. The van der Waals surface area contributed by atoms with Crippen LogP contribution in [0.4, 0.5) is 0 Å². The zero-order valence-electron chi connectivity index (χ0n) is 9.58. The molecule has 0 radical (unpaired) electrons. The third-order valence-electron chi connectivity index (χ3n) is 2.33. The van der Waals surface area contributed by atoms with Gasteiger partial charge in [-0.2, -0.15) is 0 Å². The highest BCUT2D eigenvalue weighted by molar-refractivity contribution is 4.67. The van der Waals surface area contributed by atoms with E-state index in [1.54, 1.807) is 0 Å². The van der Waals surface area contributed by atoms with E-state index in [1.165, 1.54) is 12.8 Å². The van der Waals surface area contributed by atoms with E-state index < -0.39 is 0 Å². The Kier molecular flexibility index (Phi) is 7.29. The van der Waals surface area contributed by atoms with E-state index in [-0.39, 0.29) is 6.61 Å². The summed E-state index contributed by atoms with van der Waals surface area (Å²) in [6.07, 6.45) is 2.39. The lowest BCUT2D eigenvalue weighted by molar-refractivity contribution is 0.145. The monoisotopic (exact) mass is 187 g/mol. The molecular formula is C11H25NO. The van der Waals surface area contributed by atoms with Crippen LogP contribution < -0.4 is 0 Å². The molecule has 1 unspecified atom stereocenters. The summed E-state index contributed by atoms with van der Waals surface area (Å²) >= 11 is 0. The fourth-order valence-corrected chi connectivity index (χ4v) is 1.80. The van der Waals surface area contributed by atoms with Crippen LogP contribution in [0.5, 0.6) is 0 Å². The Hall–Kier alpha value is -0.0800. The molecule has 0 spiro atoms. The third-order valence-corrected chi connectivity index (χ3v) is 2.33. The van der Waals surface area contributed by atoms with Crippen molar-refractivity contribution in [3.05, 3.63) is 0 Å². The Balaban J connectivity index is 3.86. The highest BCUT2D eigenvalue weighted by atomic mass is 16.3. The van der Waals surface area contributed by atoms with Crippen LogP contribution in [-0.2, 0) is 0 Å². The molecule has 13 heavy (non-hydrogen) atoms.